The van der Waals surface area contributed by atoms with E-state index in [1.807, 2.05) is 13.0 Å². The molecule has 0 aliphatic heterocycles. The van der Waals surface area contributed by atoms with Crippen LogP contribution in [0.15, 0.2) is 23.2 Å². The van der Waals surface area contributed by atoms with Crippen LogP contribution >= 0.6 is 0 Å². The van der Waals surface area contributed by atoms with Gasteiger partial charge in [0.2, 0.25) is 10.0 Å². The largest absolute Gasteiger partial charge is 0.396 e. The molecule has 0 saturated heterocycles. The van der Waals surface area contributed by atoms with E-state index in [9.17, 15) is 8.42 Å². The minimum atomic E-state index is -3.62. The van der Waals surface area contributed by atoms with Crippen LogP contribution in [0.2, 0.25) is 0 Å². The van der Waals surface area contributed by atoms with Crippen LogP contribution in [0.4, 0.5) is 0 Å². The number of nitrogens with zero attached hydrogens (tertiary/aromatic N) is 2. The maximum atomic E-state index is 12.0. The number of hydrogen-bond acceptors (Lipinski definition) is 5. The molecule has 1 heterocycles. The monoisotopic (exact) mass is 297 g/mol. The molecule has 0 amide bonds. The lowest BCUT2D eigenvalue weighted by molar-refractivity contribution is 0.251. The third-order valence-corrected chi connectivity index (χ3v) is 4.37. The van der Waals surface area contributed by atoms with E-state index in [1.54, 1.807) is 0 Å². The molecule has 1 unspecified atom stereocenters. The number of aromatic nitrogens is 1. The van der Waals surface area contributed by atoms with E-state index in [-0.39, 0.29) is 29.7 Å². The summed E-state index contributed by atoms with van der Waals surface area (Å²) in [5, 5.41) is 17.6. The molecule has 20 heavy (non-hydrogen) atoms. The molecule has 1 aromatic rings. The van der Waals surface area contributed by atoms with Gasteiger partial charge in [0.1, 0.15) is 16.7 Å². The number of nitriles is 1. The van der Waals surface area contributed by atoms with Crippen LogP contribution in [0.5, 0.6) is 0 Å². The molecule has 0 aliphatic carbocycles. The van der Waals surface area contributed by atoms with Gasteiger partial charge in [-0.25, -0.2) is 18.1 Å². The Labute approximate surface area is 119 Å². The van der Waals surface area contributed by atoms with E-state index in [0.29, 0.717) is 6.42 Å². The average Bonchev–Trinajstić information content (AvgIpc) is 2.45. The molecule has 6 nitrogen and oxygen atoms in total. The van der Waals surface area contributed by atoms with Gasteiger partial charge in [0.15, 0.2) is 0 Å². The van der Waals surface area contributed by atoms with Gasteiger partial charge in [-0.15, -0.1) is 0 Å². The molecule has 1 atom stereocenters. The van der Waals surface area contributed by atoms with Crippen LogP contribution < -0.4 is 4.72 Å². The highest BCUT2D eigenvalue weighted by Crippen LogP contribution is 2.12. The van der Waals surface area contributed by atoms with Crippen molar-refractivity contribution >= 4 is 10.0 Å². The van der Waals surface area contributed by atoms with Crippen LogP contribution in [0, 0.1) is 17.2 Å². The van der Waals surface area contributed by atoms with Gasteiger partial charge < -0.3 is 5.11 Å². The average molecular weight is 297 g/mol. The van der Waals surface area contributed by atoms with Crippen molar-refractivity contribution in [2.45, 2.75) is 31.1 Å². The van der Waals surface area contributed by atoms with Crippen molar-refractivity contribution in [1.29, 1.82) is 5.26 Å². The number of hydrogen-bond donors (Lipinski definition) is 2. The molecule has 1 aromatic heterocycles. The van der Waals surface area contributed by atoms with Crippen molar-refractivity contribution in [2.75, 3.05) is 13.2 Å². The van der Waals surface area contributed by atoms with Gasteiger partial charge in [-0.3, -0.25) is 0 Å². The van der Waals surface area contributed by atoms with Crippen molar-refractivity contribution in [2.24, 2.45) is 5.92 Å². The third kappa shape index (κ3) is 4.89. The summed E-state index contributed by atoms with van der Waals surface area (Å²) >= 11 is 0. The summed E-state index contributed by atoms with van der Waals surface area (Å²) in [5.74, 6) is 0.117. The Balaban J connectivity index is 2.71. The summed E-state index contributed by atoms with van der Waals surface area (Å²) in [7, 11) is -3.62. The number of sulfonamides is 1. The molecule has 0 aromatic carbocycles. The summed E-state index contributed by atoms with van der Waals surface area (Å²) in [6.45, 7) is 2.35. The summed E-state index contributed by atoms with van der Waals surface area (Å²) in [5.41, 5.74) is 0.174. The van der Waals surface area contributed by atoms with E-state index < -0.39 is 10.0 Å². The second kappa shape index (κ2) is 7.94. The van der Waals surface area contributed by atoms with Crippen molar-refractivity contribution in [1.82, 2.24) is 9.71 Å². The Morgan fingerprint density at radius 1 is 1.45 bits per heavy atom. The Bertz CT molecular complexity index is 543. The fraction of sp³-hybridized carbons (Fsp3) is 0.538. The van der Waals surface area contributed by atoms with Crippen LogP contribution in [0.25, 0.3) is 0 Å². The first-order chi connectivity index (χ1) is 9.53. The van der Waals surface area contributed by atoms with Gasteiger partial charge in [0, 0.05) is 19.3 Å². The zero-order valence-electron chi connectivity index (χ0n) is 11.4. The third-order valence-electron chi connectivity index (χ3n) is 2.96. The second-order valence-electron chi connectivity index (χ2n) is 4.51. The van der Waals surface area contributed by atoms with Gasteiger partial charge in [-0.05, 0) is 30.9 Å². The number of nitrogens with one attached hydrogen (secondary N) is 1. The van der Waals surface area contributed by atoms with Gasteiger partial charge in [-0.1, -0.05) is 13.3 Å². The molecule has 1 rings (SSSR count). The normalized spacial score (nSPS) is 12.8. The van der Waals surface area contributed by atoms with Crippen molar-refractivity contribution in [3.05, 3.63) is 24.0 Å². The topological polar surface area (TPSA) is 103 Å². The number of aliphatic hydroxyl groups excluding tert-OH is 1. The molecule has 0 aliphatic rings. The smallest absolute Gasteiger partial charge is 0.242 e. The molecule has 0 saturated carbocycles. The first-order valence-corrected chi connectivity index (χ1v) is 7.98. The fourth-order valence-electron chi connectivity index (χ4n) is 1.86. The van der Waals surface area contributed by atoms with Gasteiger partial charge in [0.25, 0.3) is 0 Å². The zero-order chi connectivity index (χ0) is 15.0. The molecule has 0 spiro atoms. The molecular weight excluding hydrogens is 278 g/mol. The van der Waals surface area contributed by atoms with Crippen LogP contribution in [0.1, 0.15) is 31.9 Å². The lowest BCUT2D eigenvalue weighted by Gasteiger charge is -2.15. The molecule has 110 valence electrons. The Hall–Kier alpha value is -1.49. The molecule has 2 N–H and O–H groups in total. The first-order valence-electron chi connectivity index (χ1n) is 6.50. The fourth-order valence-corrected chi connectivity index (χ4v) is 2.92. The number of rotatable bonds is 8. The predicted octanol–water partition coefficient (Wildman–Crippen LogP) is 1.03. The Morgan fingerprint density at radius 3 is 2.70 bits per heavy atom. The zero-order valence-corrected chi connectivity index (χ0v) is 12.2. The van der Waals surface area contributed by atoms with Gasteiger partial charge in [-0.2, -0.15) is 5.26 Å². The second-order valence-corrected chi connectivity index (χ2v) is 6.28. The van der Waals surface area contributed by atoms with E-state index in [1.165, 1.54) is 18.3 Å². The summed E-state index contributed by atoms with van der Waals surface area (Å²) in [4.78, 5) is 3.78. The highest BCUT2D eigenvalue weighted by atomic mass is 32.2. The highest BCUT2D eigenvalue weighted by Gasteiger charge is 2.17. The first kappa shape index (κ1) is 16.6. The Kier molecular flexibility index (Phi) is 6.58. The predicted molar refractivity (Wildman–Crippen MR) is 74.2 cm³/mol. The van der Waals surface area contributed by atoms with Crippen molar-refractivity contribution < 1.29 is 13.5 Å². The molecule has 0 bridgehead atoms. The molecule has 7 heteroatoms. The van der Waals surface area contributed by atoms with Crippen LogP contribution in [0.3, 0.4) is 0 Å². The molecule has 0 fully saturated rings. The lowest BCUT2D eigenvalue weighted by atomic mass is 10.0. The quantitative estimate of drug-likeness (QED) is 0.746. The lowest BCUT2D eigenvalue weighted by Crippen LogP contribution is -2.30. The summed E-state index contributed by atoms with van der Waals surface area (Å²) in [6.07, 6.45) is 3.53. The van der Waals surface area contributed by atoms with Crippen LogP contribution in [-0.2, 0) is 10.0 Å². The SMILES string of the molecule is CCCC(CCO)CNS(=O)(=O)c1ccc(C#N)nc1. The molecular formula is C13H19N3O3S. The minimum absolute atomic E-state index is 0.0377. The van der Waals surface area contributed by atoms with E-state index >= 15 is 0 Å². The standard InChI is InChI=1S/C13H19N3O3S/c1-2-3-11(6-7-17)9-16-20(18,19)13-5-4-12(8-14)15-10-13/h4-5,10-11,16-17H,2-3,6-7,9H2,1H3. The molecule has 0 radical (unpaired) electrons. The summed E-state index contributed by atoms with van der Waals surface area (Å²) in [6, 6.07) is 4.56. The Morgan fingerprint density at radius 2 is 2.20 bits per heavy atom. The maximum Gasteiger partial charge on any atom is 0.242 e. The van der Waals surface area contributed by atoms with E-state index in [0.717, 1.165) is 12.8 Å². The van der Waals surface area contributed by atoms with E-state index in [4.69, 9.17) is 10.4 Å². The number of pyridine rings is 1. The van der Waals surface area contributed by atoms with Crippen molar-refractivity contribution in [3.8, 4) is 6.07 Å². The summed E-state index contributed by atoms with van der Waals surface area (Å²) < 4.78 is 26.6. The van der Waals surface area contributed by atoms with Crippen molar-refractivity contribution in [3.63, 3.8) is 0 Å². The van der Waals surface area contributed by atoms with Gasteiger partial charge in [0.05, 0.1) is 0 Å². The minimum Gasteiger partial charge on any atom is -0.396 e. The number of aliphatic hydroxyl groups is 1. The van der Waals surface area contributed by atoms with Crippen LogP contribution in [-0.4, -0.2) is 31.7 Å². The maximum absolute atomic E-state index is 12.0. The van der Waals surface area contributed by atoms with Gasteiger partial charge >= 0.3 is 0 Å². The van der Waals surface area contributed by atoms with E-state index in [2.05, 4.69) is 9.71 Å². The highest BCUT2D eigenvalue weighted by molar-refractivity contribution is 7.89.